The van der Waals surface area contributed by atoms with Crippen molar-refractivity contribution in [3.8, 4) is 5.75 Å². The first-order valence-corrected chi connectivity index (χ1v) is 11.0. The van der Waals surface area contributed by atoms with Gasteiger partial charge >= 0.3 is 0 Å². The van der Waals surface area contributed by atoms with Crippen LogP contribution in [-0.4, -0.2) is 25.3 Å². The fourth-order valence-corrected chi connectivity index (χ4v) is 5.43. The zero-order valence-corrected chi connectivity index (χ0v) is 17.2. The third-order valence-electron chi connectivity index (χ3n) is 4.18. The molecule has 9 heteroatoms. The molecule has 2 heterocycles. The van der Waals surface area contributed by atoms with Crippen LogP contribution < -0.4 is 9.46 Å². The second kappa shape index (κ2) is 7.46. The molecular weight excluding hydrogens is 418 g/mol. The number of hydrogen-bond acceptors (Lipinski definition) is 5. The van der Waals surface area contributed by atoms with Gasteiger partial charge in [0.15, 0.2) is 5.82 Å². The first-order chi connectivity index (χ1) is 13.5. The number of nitrogens with one attached hydrogen (secondary N) is 1. The number of ether oxygens (including phenoxy) is 1. The van der Waals surface area contributed by atoms with Crippen molar-refractivity contribution in [1.29, 1.82) is 0 Å². The lowest BCUT2D eigenvalue weighted by Gasteiger charge is -2.06. The van der Waals surface area contributed by atoms with E-state index >= 15 is 0 Å². The van der Waals surface area contributed by atoms with Crippen molar-refractivity contribution in [2.45, 2.75) is 10.8 Å². The topological polar surface area (TPSA) is 73.2 Å². The number of aromatic nitrogens is 2. The lowest BCUT2D eigenvalue weighted by atomic mass is 10.2. The summed E-state index contributed by atoms with van der Waals surface area (Å²) in [4.78, 5) is 0. The van der Waals surface area contributed by atoms with Crippen LogP contribution in [0.4, 0.5) is 5.82 Å². The third kappa shape index (κ3) is 3.58. The fourth-order valence-electron chi connectivity index (χ4n) is 2.94. The highest BCUT2D eigenvalue weighted by Crippen LogP contribution is 2.34. The molecule has 4 aromatic rings. The molecule has 2 aromatic heterocycles. The number of halogens is 1. The third-order valence-corrected chi connectivity index (χ3v) is 7.24. The molecule has 4 rings (SSSR count). The summed E-state index contributed by atoms with van der Waals surface area (Å²) in [6, 6.07) is 18.3. The predicted molar refractivity (Wildman–Crippen MR) is 112 cm³/mol. The zero-order valence-electron chi connectivity index (χ0n) is 14.8. The van der Waals surface area contributed by atoms with E-state index in [0.29, 0.717) is 22.0 Å². The second-order valence-electron chi connectivity index (χ2n) is 6.01. The largest absolute Gasteiger partial charge is 0.496 e. The van der Waals surface area contributed by atoms with Crippen molar-refractivity contribution in [3.63, 3.8) is 0 Å². The predicted octanol–water partition coefficient (Wildman–Crippen LogP) is 4.61. The Balaban J connectivity index is 1.81. The highest BCUT2D eigenvalue weighted by Gasteiger charge is 2.22. The summed E-state index contributed by atoms with van der Waals surface area (Å²) in [6.45, 7) is 0.497. The van der Waals surface area contributed by atoms with Gasteiger partial charge in [0, 0.05) is 0 Å². The van der Waals surface area contributed by atoms with Crippen molar-refractivity contribution in [2.24, 2.45) is 0 Å². The molecule has 0 radical (unpaired) electrons. The van der Waals surface area contributed by atoms with Crippen LogP contribution in [0.2, 0.25) is 4.34 Å². The van der Waals surface area contributed by atoms with Crippen molar-refractivity contribution < 1.29 is 13.2 Å². The quantitative estimate of drug-likeness (QED) is 0.482. The molecule has 0 spiro atoms. The van der Waals surface area contributed by atoms with Gasteiger partial charge in [-0.2, -0.15) is 5.10 Å². The highest BCUT2D eigenvalue weighted by atomic mass is 35.5. The number of benzene rings is 2. The van der Waals surface area contributed by atoms with Gasteiger partial charge in [-0.3, -0.25) is 9.40 Å². The maximum Gasteiger partial charge on any atom is 0.272 e. The minimum Gasteiger partial charge on any atom is -0.496 e. The van der Waals surface area contributed by atoms with Gasteiger partial charge in [0.05, 0.1) is 28.9 Å². The van der Waals surface area contributed by atoms with Crippen molar-refractivity contribution in [3.05, 3.63) is 70.6 Å². The Bertz CT molecular complexity index is 1230. The summed E-state index contributed by atoms with van der Waals surface area (Å²) < 4.78 is 35.9. The lowest BCUT2D eigenvalue weighted by Crippen LogP contribution is -2.12. The van der Waals surface area contributed by atoms with Crippen LogP contribution >= 0.6 is 22.9 Å². The Kier molecular flexibility index (Phi) is 5.01. The summed E-state index contributed by atoms with van der Waals surface area (Å²) in [5.41, 5.74) is 1.82. The number of hydrogen-bond donors (Lipinski definition) is 1. The average molecular weight is 434 g/mol. The van der Waals surface area contributed by atoms with Gasteiger partial charge < -0.3 is 4.74 Å². The Morgan fingerprint density at radius 1 is 1.11 bits per heavy atom. The Hall–Kier alpha value is -2.55. The summed E-state index contributed by atoms with van der Waals surface area (Å²) in [5, 5.41) is 5.13. The highest BCUT2D eigenvalue weighted by molar-refractivity contribution is 7.94. The van der Waals surface area contributed by atoms with Crippen LogP contribution in [-0.2, 0) is 16.6 Å². The lowest BCUT2D eigenvalue weighted by molar-refractivity contribution is 0.420. The van der Waals surface area contributed by atoms with Gasteiger partial charge in [0.25, 0.3) is 10.0 Å². The Labute approximate surface area is 171 Å². The molecule has 6 nitrogen and oxygen atoms in total. The first-order valence-electron chi connectivity index (χ1n) is 8.33. The first kappa shape index (κ1) is 18.8. The maximum atomic E-state index is 12.8. The standard InChI is InChI=1S/C19H16ClN3O3S2/c1-26-15-9-5-8-14-18(15)19(21-23(14)12-13-6-3-2-4-7-13)22-28(24,25)17-11-10-16(20)27-17/h2-11H,12H2,1H3,(H,21,22). The van der Waals surface area contributed by atoms with Crippen molar-refractivity contribution in [1.82, 2.24) is 9.78 Å². The van der Waals surface area contributed by atoms with Crippen LogP contribution in [0.1, 0.15) is 5.56 Å². The van der Waals surface area contributed by atoms with E-state index in [2.05, 4.69) is 9.82 Å². The molecule has 0 amide bonds. The van der Waals surface area contributed by atoms with E-state index in [9.17, 15) is 8.42 Å². The monoisotopic (exact) mass is 433 g/mol. The minimum atomic E-state index is -3.82. The molecular formula is C19H16ClN3O3S2. The van der Waals surface area contributed by atoms with E-state index in [1.807, 2.05) is 42.5 Å². The van der Waals surface area contributed by atoms with E-state index in [0.717, 1.165) is 22.4 Å². The smallest absolute Gasteiger partial charge is 0.272 e. The van der Waals surface area contributed by atoms with Crippen LogP contribution in [0, 0.1) is 0 Å². The number of thiophene rings is 1. The number of fused-ring (bicyclic) bond motifs is 1. The Morgan fingerprint density at radius 2 is 1.89 bits per heavy atom. The normalized spacial score (nSPS) is 11.6. The minimum absolute atomic E-state index is 0.123. The second-order valence-corrected chi connectivity index (χ2v) is 9.63. The Morgan fingerprint density at radius 3 is 2.57 bits per heavy atom. The molecule has 0 aliphatic heterocycles. The van der Waals surface area contributed by atoms with Gasteiger partial charge in [-0.15, -0.1) is 11.3 Å². The summed E-state index contributed by atoms with van der Waals surface area (Å²) in [7, 11) is -2.27. The van der Waals surface area contributed by atoms with E-state index in [4.69, 9.17) is 16.3 Å². The fraction of sp³-hybridized carbons (Fsp3) is 0.105. The van der Waals surface area contributed by atoms with Gasteiger partial charge in [-0.05, 0) is 29.8 Å². The van der Waals surface area contributed by atoms with Gasteiger partial charge in [0.1, 0.15) is 9.96 Å². The molecule has 0 aliphatic rings. The number of anilines is 1. The van der Waals surface area contributed by atoms with Crippen LogP contribution in [0.3, 0.4) is 0 Å². The number of nitrogens with zero attached hydrogens (tertiary/aromatic N) is 2. The number of rotatable bonds is 6. The summed E-state index contributed by atoms with van der Waals surface area (Å²) >= 11 is 6.88. The van der Waals surface area contributed by atoms with Crippen LogP contribution in [0.15, 0.2) is 64.9 Å². The molecule has 0 bridgehead atoms. The summed E-state index contributed by atoms with van der Waals surface area (Å²) in [5.74, 6) is 0.756. The SMILES string of the molecule is COc1cccc2c1c(NS(=O)(=O)c1ccc(Cl)s1)nn2Cc1ccccc1. The number of sulfonamides is 1. The molecule has 1 N–H and O–H groups in total. The molecule has 0 unspecified atom stereocenters. The van der Waals surface area contributed by atoms with E-state index in [1.165, 1.54) is 6.07 Å². The molecule has 2 aromatic carbocycles. The van der Waals surface area contributed by atoms with E-state index in [-0.39, 0.29) is 10.0 Å². The molecule has 0 aliphatic carbocycles. The average Bonchev–Trinajstić information content (AvgIpc) is 3.27. The van der Waals surface area contributed by atoms with Crippen molar-refractivity contribution in [2.75, 3.05) is 11.8 Å². The van der Waals surface area contributed by atoms with Gasteiger partial charge in [-0.1, -0.05) is 48.0 Å². The van der Waals surface area contributed by atoms with E-state index < -0.39 is 10.0 Å². The summed E-state index contributed by atoms with van der Waals surface area (Å²) in [6.07, 6.45) is 0. The van der Waals surface area contributed by atoms with Crippen LogP contribution in [0.5, 0.6) is 5.75 Å². The molecule has 28 heavy (non-hydrogen) atoms. The zero-order chi connectivity index (χ0) is 19.7. The molecule has 144 valence electrons. The number of methoxy groups -OCH3 is 1. The molecule has 0 saturated heterocycles. The van der Waals surface area contributed by atoms with Crippen molar-refractivity contribution >= 4 is 49.7 Å². The molecule has 0 saturated carbocycles. The van der Waals surface area contributed by atoms with Gasteiger partial charge in [-0.25, -0.2) is 8.42 Å². The molecule has 0 fully saturated rings. The van der Waals surface area contributed by atoms with E-state index in [1.54, 1.807) is 23.9 Å². The van der Waals surface area contributed by atoms with Crippen LogP contribution in [0.25, 0.3) is 10.9 Å². The maximum absolute atomic E-state index is 12.8. The van der Waals surface area contributed by atoms with Gasteiger partial charge in [0.2, 0.25) is 0 Å². The molecule has 0 atom stereocenters.